The van der Waals surface area contributed by atoms with Gasteiger partial charge in [-0.15, -0.1) is 0 Å². The molecule has 7 heteroatoms. The van der Waals surface area contributed by atoms with E-state index in [4.69, 9.17) is 9.47 Å². The number of carbonyl (C=O) groups excluding carboxylic acids is 1. The second-order valence-corrected chi connectivity index (χ2v) is 7.90. The molecule has 2 aliphatic rings. The Morgan fingerprint density at radius 3 is 2.63 bits per heavy atom. The molecular formula is C23H30N4O3. The average Bonchev–Trinajstić information content (AvgIpc) is 3.63. The molecule has 1 aliphatic carbocycles. The summed E-state index contributed by atoms with van der Waals surface area (Å²) in [5.41, 5.74) is 2.14. The summed E-state index contributed by atoms with van der Waals surface area (Å²) in [5, 5.41) is 5.94. The lowest BCUT2D eigenvalue weighted by Gasteiger charge is -2.34. The molecule has 2 fully saturated rings. The Labute approximate surface area is 177 Å². The third-order valence-electron chi connectivity index (χ3n) is 5.54. The van der Waals surface area contributed by atoms with Crippen molar-refractivity contribution in [3.05, 3.63) is 59.8 Å². The van der Waals surface area contributed by atoms with Gasteiger partial charge in [-0.2, -0.15) is 0 Å². The molecule has 1 atom stereocenters. The summed E-state index contributed by atoms with van der Waals surface area (Å²) in [6, 6.07) is 14.1. The van der Waals surface area contributed by atoms with Gasteiger partial charge in [-0.3, -0.25) is 4.90 Å². The molecule has 0 radical (unpaired) electrons. The third-order valence-corrected chi connectivity index (χ3v) is 5.54. The Kier molecular flexibility index (Phi) is 7.16. The predicted octanol–water partition coefficient (Wildman–Crippen LogP) is 2.74. The minimum Gasteiger partial charge on any atom is -0.477 e. The number of morpholine rings is 1. The molecule has 160 valence electrons. The molecule has 30 heavy (non-hydrogen) atoms. The maximum absolute atomic E-state index is 12.4. The highest BCUT2D eigenvalue weighted by molar-refractivity contribution is 5.73. The quantitative estimate of drug-likeness (QED) is 0.665. The van der Waals surface area contributed by atoms with Crippen molar-refractivity contribution in [2.45, 2.75) is 25.4 Å². The van der Waals surface area contributed by atoms with E-state index in [1.54, 1.807) is 6.20 Å². The van der Waals surface area contributed by atoms with Crippen LogP contribution in [0, 0.1) is 5.92 Å². The summed E-state index contributed by atoms with van der Waals surface area (Å²) in [4.78, 5) is 19.1. The molecule has 7 nitrogen and oxygen atoms in total. The highest BCUT2D eigenvalue weighted by Crippen LogP contribution is 2.29. The van der Waals surface area contributed by atoms with Crippen molar-refractivity contribution < 1.29 is 14.3 Å². The van der Waals surface area contributed by atoms with E-state index in [1.165, 1.54) is 18.4 Å². The Morgan fingerprint density at radius 1 is 1.13 bits per heavy atom. The average molecular weight is 411 g/mol. The van der Waals surface area contributed by atoms with Crippen LogP contribution in [-0.2, 0) is 11.3 Å². The normalized spacial score (nSPS) is 17.9. The molecular weight excluding hydrogens is 380 g/mol. The molecule has 2 amide bonds. The number of nitrogens with one attached hydrogen (secondary N) is 2. The van der Waals surface area contributed by atoms with Gasteiger partial charge in [0, 0.05) is 38.4 Å². The SMILES string of the molecule is O=C(NCc1ccc(OCC2CC2)nc1)NCC(c1ccccc1)N1CCOCC1. The Balaban J connectivity index is 1.24. The van der Waals surface area contributed by atoms with Crippen LogP contribution in [-0.4, -0.2) is 55.4 Å². The number of hydrogen-bond acceptors (Lipinski definition) is 5. The van der Waals surface area contributed by atoms with Gasteiger partial charge in [-0.1, -0.05) is 36.4 Å². The molecule has 1 aliphatic heterocycles. The van der Waals surface area contributed by atoms with Gasteiger partial charge in [0.1, 0.15) is 0 Å². The second kappa shape index (κ2) is 10.4. The van der Waals surface area contributed by atoms with E-state index in [0.29, 0.717) is 24.9 Å². The standard InChI is InChI=1S/C23H30N4O3/c28-23(25-15-19-8-9-22(24-14-19)30-17-18-6-7-18)26-16-21(20-4-2-1-3-5-20)27-10-12-29-13-11-27/h1-5,8-9,14,18,21H,6-7,10-13,15-17H2,(H2,25,26,28). The van der Waals surface area contributed by atoms with Crippen LogP contribution in [0.3, 0.4) is 0 Å². The van der Waals surface area contributed by atoms with Gasteiger partial charge in [0.2, 0.25) is 5.88 Å². The molecule has 1 aromatic heterocycles. The van der Waals surface area contributed by atoms with Crippen LogP contribution in [0.2, 0.25) is 0 Å². The number of hydrogen-bond donors (Lipinski definition) is 2. The van der Waals surface area contributed by atoms with Crippen molar-refractivity contribution in [2.75, 3.05) is 39.5 Å². The predicted molar refractivity (Wildman–Crippen MR) is 114 cm³/mol. The summed E-state index contributed by atoms with van der Waals surface area (Å²) in [6.45, 7) is 4.90. The zero-order valence-corrected chi connectivity index (χ0v) is 17.3. The summed E-state index contributed by atoms with van der Waals surface area (Å²) in [5.74, 6) is 1.35. The van der Waals surface area contributed by atoms with Crippen molar-refractivity contribution in [3.63, 3.8) is 0 Å². The number of urea groups is 1. The summed E-state index contributed by atoms with van der Waals surface area (Å²) in [6.07, 6.45) is 4.27. The molecule has 1 saturated heterocycles. The van der Waals surface area contributed by atoms with Gasteiger partial charge in [-0.25, -0.2) is 9.78 Å². The van der Waals surface area contributed by atoms with Crippen molar-refractivity contribution >= 4 is 6.03 Å². The lowest BCUT2D eigenvalue weighted by Crippen LogP contribution is -2.45. The van der Waals surface area contributed by atoms with Gasteiger partial charge in [-0.05, 0) is 29.9 Å². The first-order valence-electron chi connectivity index (χ1n) is 10.7. The lowest BCUT2D eigenvalue weighted by atomic mass is 10.0. The number of carbonyl (C=O) groups is 1. The van der Waals surface area contributed by atoms with Gasteiger partial charge in [0.25, 0.3) is 0 Å². The first kappa shape index (κ1) is 20.6. The van der Waals surface area contributed by atoms with Crippen LogP contribution in [0.4, 0.5) is 4.79 Å². The van der Waals surface area contributed by atoms with Gasteiger partial charge >= 0.3 is 6.03 Å². The smallest absolute Gasteiger partial charge is 0.315 e. The number of amides is 2. The zero-order valence-electron chi connectivity index (χ0n) is 17.3. The van der Waals surface area contributed by atoms with Crippen LogP contribution >= 0.6 is 0 Å². The van der Waals surface area contributed by atoms with Crippen LogP contribution in [0.5, 0.6) is 5.88 Å². The highest BCUT2D eigenvalue weighted by atomic mass is 16.5. The maximum atomic E-state index is 12.4. The van der Waals surface area contributed by atoms with Crippen LogP contribution < -0.4 is 15.4 Å². The van der Waals surface area contributed by atoms with Gasteiger partial charge < -0.3 is 20.1 Å². The molecule has 1 unspecified atom stereocenters. The van der Waals surface area contributed by atoms with E-state index in [2.05, 4.69) is 32.7 Å². The Bertz CT molecular complexity index is 790. The largest absolute Gasteiger partial charge is 0.477 e. The number of aromatic nitrogens is 1. The summed E-state index contributed by atoms with van der Waals surface area (Å²) < 4.78 is 11.1. The van der Waals surface area contributed by atoms with E-state index in [-0.39, 0.29) is 12.1 Å². The summed E-state index contributed by atoms with van der Waals surface area (Å²) >= 11 is 0. The topological polar surface area (TPSA) is 75.7 Å². The van der Waals surface area contributed by atoms with E-state index in [0.717, 1.165) is 38.5 Å². The van der Waals surface area contributed by atoms with E-state index < -0.39 is 0 Å². The minimum absolute atomic E-state index is 0.130. The number of benzene rings is 1. The molecule has 0 bridgehead atoms. The van der Waals surface area contributed by atoms with Crippen molar-refractivity contribution in [2.24, 2.45) is 5.92 Å². The fraction of sp³-hybridized carbons (Fsp3) is 0.478. The van der Waals surface area contributed by atoms with Crippen LogP contribution in [0.15, 0.2) is 48.7 Å². The van der Waals surface area contributed by atoms with Crippen molar-refractivity contribution in [1.29, 1.82) is 0 Å². The monoisotopic (exact) mass is 410 g/mol. The zero-order chi connectivity index (χ0) is 20.6. The highest BCUT2D eigenvalue weighted by Gasteiger charge is 2.23. The molecule has 2 heterocycles. The number of pyridine rings is 1. The molecule has 0 spiro atoms. The Hall–Kier alpha value is -2.64. The number of ether oxygens (including phenoxy) is 2. The molecule has 2 N–H and O–H groups in total. The van der Waals surface area contributed by atoms with Crippen molar-refractivity contribution in [3.8, 4) is 5.88 Å². The van der Waals surface area contributed by atoms with E-state index in [9.17, 15) is 4.79 Å². The molecule has 2 aromatic rings. The number of nitrogens with zero attached hydrogens (tertiary/aromatic N) is 2. The minimum atomic E-state index is -0.182. The third kappa shape index (κ3) is 6.18. The molecule has 1 saturated carbocycles. The fourth-order valence-electron chi connectivity index (χ4n) is 3.54. The first-order chi connectivity index (χ1) is 14.8. The van der Waals surface area contributed by atoms with E-state index in [1.807, 2.05) is 30.3 Å². The van der Waals surface area contributed by atoms with Gasteiger partial charge in [0.15, 0.2) is 0 Å². The second-order valence-electron chi connectivity index (χ2n) is 7.90. The fourth-order valence-corrected chi connectivity index (χ4v) is 3.54. The van der Waals surface area contributed by atoms with Crippen molar-refractivity contribution in [1.82, 2.24) is 20.5 Å². The van der Waals surface area contributed by atoms with Crippen LogP contribution in [0.1, 0.15) is 30.0 Å². The molecule has 1 aromatic carbocycles. The van der Waals surface area contributed by atoms with E-state index >= 15 is 0 Å². The number of rotatable bonds is 9. The summed E-state index contributed by atoms with van der Waals surface area (Å²) in [7, 11) is 0. The molecule has 4 rings (SSSR count). The van der Waals surface area contributed by atoms with Crippen LogP contribution in [0.25, 0.3) is 0 Å². The first-order valence-corrected chi connectivity index (χ1v) is 10.7. The lowest BCUT2D eigenvalue weighted by molar-refractivity contribution is 0.0167. The van der Waals surface area contributed by atoms with Gasteiger partial charge in [0.05, 0.1) is 25.9 Å². The maximum Gasteiger partial charge on any atom is 0.315 e. The Morgan fingerprint density at radius 2 is 1.93 bits per heavy atom.